The molecule has 0 N–H and O–H groups in total. The maximum absolute atomic E-state index is 12.0. The Morgan fingerprint density at radius 2 is 1.53 bits per heavy atom. The molecule has 0 fully saturated rings. The van der Waals surface area contributed by atoms with Gasteiger partial charge < -0.3 is 4.74 Å². The molecule has 3 nitrogen and oxygen atoms in total. The first kappa shape index (κ1) is 15.2. The lowest BCUT2D eigenvalue weighted by Crippen LogP contribution is -2.26. The van der Waals surface area contributed by atoms with Crippen LogP contribution in [0.1, 0.15) is 0 Å². The van der Waals surface area contributed by atoms with E-state index in [0.717, 1.165) is 0 Å². The lowest BCUT2D eigenvalue weighted by Gasteiger charge is -2.10. The minimum Gasteiger partial charge on any atom is -0.386 e. The van der Waals surface area contributed by atoms with E-state index in [1.54, 1.807) is 0 Å². The Hall–Kier alpha value is -1.80. The molecule has 0 aliphatic carbocycles. The van der Waals surface area contributed by atoms with Crippen molar-refractivity contribution in [1.29, 1.82) is 0 Å². The number of hydrogen-bond acceptors (Lipinski definition) is 3. The maximum atomic E-state index is 12.0. The Bertz CT molecular complexity index is 362. The van der Waals surface area contributed by atoms with Crippen molar-refractivity contribution in [2.24, 2.45) is 0 Å². The number of ether oxygens (including phenoxy) is 1. The quantitative estimate of drug-likeness (QED) is 0.332. The van der Waals surface area contributed by atoms with Crippen LogP contribution in [0.3, 0.4) is 0 Å². The van der Waals surface area contributed by atoms with Crippen molar-refractivity contribution in [1.82, 2.24) is 0 Å². The summed E-state index contributed by atoms with van der Waals surface area (Å²) in [6.07, 6.45) is -11.9. The van der Waals surface area contributed by atoms with Crippen molar-refractivity contribution in [2.45, 2.75) is 12.4 Å². The lowest BCUT2D eigenvalue weighted by atomic mass is 10.2. The Balaban J connectivity index is 5.23. The first-order valence-corrected chi connectivity index (χ1v) is 3.72. The predicted octanol–water partition coefficient (Wildman–Crippen LogP) is 2.29. The second-order valence-electron chi connectivity index (χ2n) is 2.51. The molecule has 17 heavy (non-hydrogen) atoms. The van der Waals surface area contributed by atoms with Gasteiger partial charge in [0.25, 0.3) is 0 Å². The Kier molecular flexibility index (Phi) is 4.49. The number of carbonyl (C=O) groups excluding carboxylic acids is 2. The molecule has 0 radical (unpaired) electrons. The molecule has 0 aliphatic rings. The summed E-state index contributed by atoms with van der Waals surface area (Å²) in [5, 5.41) is 0. The SMILES string of the molecule is C=CC(=O)OC(=O)C(=CC(F)(F)F)C(F)(F)F. The number of esters is 2. The molecule has 0 spiro atoms. The first-order chi connectivity index (χ1) is 7.47. The molecular formula is C8H4F6O3. The van der Waals surface area contributed by atoms with Crippen LogP contribution < -0.4 is 0 Å². The van der Waals surface area contributed by atoms with Crippen molar-refractivity contribution in [2.75, 3.05) is 0 Å². The van der Waals surface area contributed by atoms with Gasteiger partial charge >= 0.3 is 24.3 Å². The summed E-state index contributed by atoms with van der Waals surface area (Å²) in [6.45, 7) is 2.76. The van der Waals surface area contributed by atoms with Gasteiger partial charge in [-0.1, -0.05) is 6.58 Å². The number of allylic oxidation sites excluding steroid dienone is 1. The van der Waals surface area contributed by atoms with Crippen LogP contribution in [-0.2, 0) is 14.3 Å². The van der Waals surface area contributed by atoms with Gasteiger partial charge in [-0.05, 0) is 0 Å². The lowest BCUT2D eigenvalue weighted by molar-refractivity contribution is -0.161. The van der Waals surface area contributed by atoms with E-state index in [-0.39, 0.29) is 0 Å². The molecular weight excluding hydrogens is 258 g/mol. The van der Waals surface area contributed by atoms with E-state index in [1.165, 1.54) is 0 Å². The summed E-state index contributed by atoms with van der Waals surface area (Å²) in [4.78, 5) is 21.0. The van der Waals surface area contributed by atoms with Crippen molar-refractivity contribution < 1.29 is 40.7 Å². The standard InChI is InChI=1S/C8H4F6O3/c1-2-5(15)17-6(16)4(8(12,13)14)3-7(9,10)11/h2-3H,1H2. The minimum atomic E-state index is -5.59. The van der Waals surface area contributed by atoms with E-state index in [4.69, 9.17) is 0 Å². The maximum Gasteiger partial charge on any atom is 0.423 e. The van der Waals surface area contributed by atoms with Crippen LogP contribution in [-0.4, -0.2) is 24.3 Å². The Morgan fingerprint density at radius 1 is 1.06 bits per heavy atom. The molecule has 0 atom stereocenters. The molecule has 0 unspecified atom stereocenters. The molecule has 0 amide bonds. The zero-order chi connectivity index (χ0) is 13.9. The topological polar surface area (TPSA) is 43.4 Å². The minimum absolute atomic E-state index is 0.333. The van der Waals surface area contributed by atoms with Gasteiger partial charge in [-0.3, -0.25) is 0 Å². The van der Waals surface area contributed by atoms with E-state index in [2.05, 4.69) is 11.3 Å². The third-order valence-corrected chi connectivity index (χ3v) is 1.19. The fraction of sp³-hybridized carbons (Fsp3) is 0.250. The zero-order valence-electron chi connectivity index (χ0n) is 7.85. The monoisotopic (exact) mass is 262 g/mol. The molecule has 0 aromatic rings. The van der Waals surface area contributed by atoms with Gasteiger partial charge in [0.2, 0.25) is 0 Å². The highest BCUT2D eigenvalue weighted by atomic mass is 19.4. The van der Waals surface area contributed by atoms with E-state index >= 15 is 0 Å². The summed E-state index contributed by atoms with van der Waals surface area (Å²) in [7, 11) is 0. The highest BCUT2D eigenvalue weighted by molar-refractivity contribution is 6.00. The van der Waals surface area contributed by atoms with Gasteiger partial charge in [0, 0.05) is 12.2 Å². The van der Waals surface area contributed by atoms with E-state index in [9.17, 15) is 35.9 Å². The fourth-order valence-corrected chi connectivity index (χ4v) is 0.608. The highest BCUT2D eigenvalue weighted by Gasteiger charge is 2.44. The number of rotatable bonds is 2. The zero-order valence-corrected chi connectivity index (χ0v) is 7.85. The van der Waals surface area contributed by atoms with Gasteiger partial charge in [-0.15, -0.1) is 0 Å². The molecule has 0 bridgehead atoms. The van der Waals surface area contributed by atoms with Gasteiger partial charge in [0.05, 0.1) is 0 Å². The predicted molar refractivity (Wildman–Crippen MR) is 41.5 cm³/mol. The highest BCUT2D eigenvalue weighted by Crippen LogP contribution is 2.30. The molecule has 0 saturated heterocycles. The van der Waals surface area contributed by atoms with Gasteiger partial charge in [-0.25, -0.2) is 9.59 Å². The van der Waals surface area contributed by atoms with Crippen LogP contribution in [0.5, 0.6) is 0 Å². The molecule has 0 heterocycles. The first-order valence-electron chi connectivity index (χ1n) is 3.72. The van der Waals surface area contributed by atoms with Crippen molar-refractivity contribution in [3.63, 3.8) is 0 Å². The number of alkyl halides is 6. The average molecular weight is 262 g/mol. The van der Waals surface area contributed by atoms with Crippen LogP contribution >= 0.6 is 0 Å². The largest absolute Gasteiger partial charge is 0.423 e. The van der Waals surface area contributed by atoms with Crippen LogP contribution in [0.4, 0.5) is 26.3 Å². The second kappa shape index (κ2) is 5.02. The molecule has 9 heteroatoms. The van der Waals surface area contributed by atoms with Gasteiger partial charge in [0.15, 0.2) is 0 Å². The van der Waals surface area contributed by atoms with Gasteiger partial charge in [-0.2, -0.15) is 26.3 Å². The second-order valence-corrected chi connectivity index (χ2v) is 2.51. The summed E-state index contributed by atoms with van der Waals surface area (Å²) < 4.78 is 74.8. The Labute approximate surface area is 90.3 Å². The van der Waals surface area contributed by atoms with Gasteiger partial charge in [0.1, 0.15) is 5.57 Å². The summed E-state index contributed by atoms with van der Waals surface area (Å²) in [5.74, 6) is -4.04. The third-order valence-electron chi connectivity index (χ3n) is 1.19. The smallest absolute Gasteiger partial charge is 0.386 e. The number of carbonyl (C=O) groups is 2. The van der Waals surface area contributed by atoms with E-state index in [1.807, 2.05) is 0 Å². The van der Waals surface area contributed by atoms with E-state index in [0.29, 0.717) is 6.08 Å². The van der Waals surface area contributed by atoms with E-state index < -0.39 is 35.9 Å². The molecule has 0 saturated carbocycles. The van der Waals surface area contributed by atoms with Crippen LogP contribution in [0.2, 0.25) is 0 Å². The fourth-order valence-electron chi connectivity index (χ4n) is 0.608. The summed E-state index contributed by atoms with van der Waals surface area (Å²) >= 11 is 0. The molecule has 0 aromatic carbocycles. The van der Waals surface area contributed by atoms with Crippen molar-refractivity contribution in [3.8, 4) is 0 Å². The Morgan fingerprint density at radius 3 is 1.82 bits per heavy atom. The molecule has 0 rings (SSSR count). The van der Waals surface area contributed by atoms with Crippen LogP contribution in [0.15, 0.2) is 24.3 Å². The number of hydrogen-bond donors (Lipinski definition) is 0. The summed E-state index contributed by atoms with van der Waals surface area (Å²) in [5.41, 5.74) is -2.62. The molecule has 96 valence electrons. The third kappa shape index (κ3) is 5.73. The normalized spacial score (nSPS) is 13.2. The van der Waals surface area contributed by atoms with Crippen molar-refractivity contribution >= 4 is 11.9 Å². The van der Waals surface area contributed by atoms with Crippen LogP contribution in [0.25, 0.3) is 0 Å². The van der Waals surface area contributed by atoms with Crippen molar-refractivity contribution in [3.05, 3.63) is 24.3 Å². The van der Waals surface area contributed by atoms with Crippen LogP contribution in [0, 0.1) is 0 Å². The molecule has 0 aliphatic heterocycles. The average Bonchev–Trinajstić information content (AvgIpc) is 2.10. The number of halogens is 6. The summed E-state index contributed by atoms with van der Waals surface area (Å²) in [6, 6.07) is 0. The molecule has 0 aromatic heterocycles.